The first-order valence-electron chi connectivity index (χ1n) is 10.8. The van der Waals surface area contributed by atoms with Gasteiger partial charge in [-0.2, -0.15) is 4.98 Å². The maximum Gasteiger partial charge on any atom is 0.280 e. The van der Waals surface area contributed by atoms with Crippen molar-refractivity contribution in [2.75, 3.05) is 25.6 Å². The van der Waals surface area contributed by atoms with Crippen LogP contribution in [0.3, 0.4) is 0 Å². The van der Waals surface area contributed by atoms with Gasteiger partial charge in [0.25, 0.3) is 11.5 Å². The van der Waals surface area contributed by atoms with Crippen molar-refractivity contribution in [1.82, 2.24) is 19.5 Å². The summed E-state index contributed by atoms with van der Waals surface area (Å²) < 4.78 is 18.3. The highest BCUT2D eigenvalue weighted by Gasteiger charge is 2.37. The van der Waals surface area contributed by atoms with Gasteiger partial charge in [0.05, 0.1) is 26.0 Å². The number of nitrogens with one attached hydrogen (secondary N) is 2. The number of aliphatic hydroxyl groups excluding tert-OH is 1. The van der Waals surface area contributed by atoms with Gasteiger partial charge in [0.15, 0.2) is 17.8 Å². The summed E-state index contributed by atoms with van der Waals surface area (Å²) in [6.45, 7) is 7.63. The zero-order valence-electron chi connectivity index (χ0n) is 19.3. The second-order valence-corrected chi connectivity index (χ2v) is 8.81. The molecule has 1 aromatic carbocycles. The Balaban J connectivity index is 1.45. The molecule has 0 saturated carbocycles. The van der Waals surface area contributed by atoms with E-state index >= 15 is 0 Å². The Bertz CT molecular complexity index is 1200. The molecule has 1 aliphatic heterocycles. The topological polar surface area (TPSA) is 141 Å². The highest BCUT2D eigenvalue weighted by Crippen LogP contribution is 2.31. The number of rotatable bonds is 8. The number of carbonyl (C=O) groups excluding carboxylic acids is 1. The van der Waals surface area contributed by atoms with E-state index in [1.807, 2.05) is 26.0 Å². The molecule has 1 saturated heterocycles. The minimum absolute atomic E-state index is 0.0398. The van der Waals surface area contributed by atoms with Gasteiger partial charge < -0.3 is 19.3 Å². The molecule has 34 heavy (non-hydrogen) atoms. The van der Waals surface area contributed by atoms with Crippen molar-refractivity contribution in [3.8, 4) is 5.75 Å². The predicted molar refractivity (Wildman–Crippen MR) is 124 cm³/mol. The predicted octanol–water partition coefficient (Wildman–Crippen LogP) is 1.54. The lowest BCUT2D eigenvalue weighted by Gasteiger charge is -2.14. The summed E-state index contributed by atoms with van der Waals surface area (Å²) in [5, 5.41) is 12.0. The molecule has 180 valence electrons. The summed E-state index contributed by atoms with van der Waals surface area (Å²) in [6, 6.07) is 7.34. The molecule has 0 spiro atoms. The van der Waals surface area contributed by atoms with E-state index < -0.39 is 23.8 Å². The first-order valence-corrected chi connectivity index (χ1v) is 10.8. The van der Waals surface area contributed by atoms with Gasteiger partial charge in [-0.15, -0.1) is 0 Å². The molecular formula is C23H28N5O6+. The fraction of sp³-hybridized carbons (Fsp3) is 0.435. The van der Waals surface area contributed by atoms with Gasteiger partial charge in [0.1, 0.15) is 23.5 Å². The van der Waals surface area contributed by atoms with Crippen molar-refractivity contribution in [1.29, 1.82) is 0 Å². The van der Waals surface area contributed by atoms with E-state index in [9.17, 15) is 14.7 Å². The number of amides is 1. The average Bonchev–Trinajstić information content (AvgIpc) is 3.41. The highest BCUT2D eigenvalue weighted by molar-refractivity contribution is 5.90. The fourth-order valence-corrected chi connectivity index (χ4v) is 3.80. The summed E-state index contributed by atoms with van der Waals surface area (Å²) in [5.74, 6) is -0.00307. The van der Waals surface area contributed by atoms with Crippen LogP contribution in [0.1, 0.15) is 32.1 Å². The van der Waals surface area contributed by atoms with Gasteiger partial charge in [-0.05, 0) is 26.0 Å². The second-order valence-electron chi connectivity index (χ2n) is 8.81. The van der Waals surface area contributed by atoms with E-state index in [1.54, 1.807) is 23.8 Å². The van der Waals surface area contributed by atoms with Crippen molar-refractivity contribution in [2.24, 2.45) is 0 Å². The first-order chi connectivity index (χ1) is 16.2. The monoisotopic (exact) mass is 470 g/mol. The van der Waals surface area contributed by atoms with Crippen molar-refractivity contribution < 1.29 is 24.1 Å². The molecule has 3 aromatic rings. The Labute approximate surface area is 196 Å². The number of imidazole rings is 1. The van der Waals surface area contributed by atoms with Gasteiger partial charge >= 0.3 is 0 Å². The lowest BCUT2D eigenvalue weighted by Crippen LogP contribution is -2.26. The number of benzene rings is 1. The van der Waals surface area contributed by atoms with Crippen LogP contribution < -0.4 is 15.6 Å². The maximum atomic E-state index is 12.5. The lowest BCUT2D eigenvalue weighted by molar-refractivity contribution is -0.118. The number of ether oxygens (including phenoxy) is 3. The summed E-state index contributed by atoms with van der Waals surface area (Å²) in [4.78, 5) is 35.8. The molecule has 1 aliphatic rings. The van der Waals surface area contributed by atoms with Gasteiger partial charge in [-0.3, -0.25) is 24.5 Å². The number of aromatic amines is 1. The van der Waals surface area contributed by atoms with Gasteiger partial charge in [0.2, 0.25) is 5.95 Å². The number of H-pyrrole nitrogens is 1. The van der Waals surface area contributed by atoms with Crippen molar-refractivity contribution >= 4 is 23.0 Å². The third-order valence-electron chi connectivity index (χ3n) is 5.67. The van der Waals surface area contributed by atoms with Crippen LogP contribution >= 0.6 is 0 Å². The Morgan fingerprint density at radius 1 is 1.38 bits per heavy atom. The van der Waals surface area contributed by atoms with Gasteiger partial charge in [-0.1, -0.05) is 12.1 Å². The number of fused-ring (bicyclic) bond motifs is 1. The van der Waals surface area contributed by atoms with Crippen molar-refractivity contribution in [3.05, 3.63) is 53.4 Å². The smallest absolute Gasteiger partial charge is 0.280 e. The zero-order chi connectivity index (χ0) is 24.5. The van der Waals surface area contributed by atoms with Gasteiger partial charge in [-0.25, -0.2) is 4.98 Å². The van der Waals surface area contributed by atoms with E-state index in [0.29, 0.717) is 12.2 Å². The number of aromatic nitrogens is 4. The third-order valence-corrected chi connectivity index (χ3v) is 5.67. The lowest BCUT2D eigenvalue weighted by atomic mass is 9.87. The van der Waals surface area contributed by atoms with Crippen LogP contribution in [0.25, 0.3) is 11.2 Å². The summed E-state index contributed by atoms with van der Waals surface area (Å²) >= 11 is 0. The van der Waals surface area contributed by atoms with E-state index in [0.717, 1.165) is 5.56 Å². The molecule has 3 heterocycles. The zero-order valence-corrected chi connectivity index (χ0v) is 19.3. The SMILES string of the molecule is [CH2+]C(C)(C)c1ccc(OCC(=O)Nc2nc3c(ncn3[C@H]3C[C@@H](OC)[C@@H](CO)O3)c(=O)[nH]2)cc1. The highest BCUT2D eigenvalue weighted by atomic mass is 16.6. The summed E-state index contributed by atoms with van der Waals surface area (Å²) in [6.07, 6.45) is 0.551. The number of aliphatic hydroxyl groups is 1. The largest absolute Gasteiger partial charge is 0.484 e. The van der Waals surface area contributed by atoms with Crippen LogP contribution in [0.5, 0.6) is 5.75 Å². The first kappa shape index (κ1) is 23.7. The average molecular weight is 471 g/mol. The van der Waals surface area contributed by atoms with Crippen molar-refractivity contribution in [3.63, 3.8) is 0 Å². The standard InChI is InChI=1S/C23H27N5O6/c1-23(2,3)13-5-7-14(8-6-13)33-11-17(30)25-22-26-20-19(21(31)27-22)24-12-28(20)18-9-15(32-4)16(10-29)34-18/h5-8,12,15-16,18,29H,1,9-11H2,2-4H3,(H-,25,26,27,30,31)/p+1/t15-,16-,18-/m1/s1. The summed E-state index contributed by atoms with van der Waals surface area (Å²) in [5.41, 5.74) is 0.652. The molecule has 11 heteroatoms. The van der Waals surface area contributed by atoms with Crippen LogP contribution in [0.4, 0.5) is 5.95 Å². The molecule has 0 bridgehead atoms. The number of hydrogen-bond acceptors (Lipinski definition) is 8. The summed E-state index contributed by atoms with van der Waals surface area (Å²) in [7, 11) is 1.54. The van der Waals surface area contributed by atoms with Crippen LogP contribution in [-0.2, 0) is 19.7 Å². The number of methoxy groups -OCH3 is 1. The van der Waals surface area contributed by atoms with Crippen LogP contribution in [0, 0.1) is 6.92 Å². The second kappa shape index (κ2) is 9.45. The maximum absolute atomic E-state index is 12.5. The molecule has 4 rings (SSSR count). The van der Waals surface area contributed by atoms with E-state index in [-0.39, 0.29) is 41.8 Å². The van der Waals surface area contributed by atoms with Crippen LogP contribution in [0.15, 0.2) is 35.4 Å². The van der Waals surface area contributed by atoms with Gasteiger partial charge in [0, 0.05) is 19.1 Å². The van der Waals surface area contributed by atoms with Crippen LogP contribution in [0.2, 0.25) is 0 Å². The molecule has 3 N–H and O–H groups in total. The molecule has 2 aromatic heterocycles. The number of hydrogen-bond donors (Lipinski definition) is 3. The van der Waals surface area contributed by atoms with Crippen molar-refractivity contribution in [2.45, 2.75) is 44.1 Å². The Hall–Kier alpha value is -3.41. The molecule has 0 aliphatic carbocycles. The number of nitrogens with zero attached hydrogens (tertiary/aromatic N) is 3. The van der Waals surface area contributed by atoms with E-state index in [4.69, 9.17) is 14.2 Å². The molecule has 1 amide bonds. The minimum atomic E-state index is -0.528. The Morgan fingerprint density at radius 3 is 2.74 bits per heavy atom. The molecular weight excluding hydrogens is 442 g/mol. The molecule has 0 unspecified atom stereocenters. The number of carbonyl (C=O) groups is 1. The number of anilines is 1. The molecule has 3 atom stereocenters. The van der Waals surface area contributed by atoms with E-state index in [1.165, 1.54) is 6.33 Å². The van der Waals surface area contributed by atoms with E-state index in [2.05, 4.69) is 27.2 Å². The van der Waals surface area contributed by atoms with Crippen LogP contribution in [-0.4, -0.2) is 63.1 Å². The molecule has 11 nitrogen and oxygen atoms in total. The molecule has 1 fully saturated rings. The third kappa shape index (κ3) is 4.91. The normalized spacial score (nSPS) is 20.5. The fourth-order valence-electron chi connectivity index (χ4n) is 3.80. The Morgan fingerprint density at radius 2 is 2.12 bits per heavy atom. The quantitative estimate of drug-likeness (QED) is 0.421. The Kier molecular flexibility index (Phi) is 6.60. The minimum Gasteiger partial charge on any atom is -0.484 e. The molecule has 0 radical (unpaired) electrons.